The molecular weight excluding hydrogens is 272 g/mol. The lowest BCUT2D eigenvalue weighted by molar-refractivity contribution is 0.370. The van der Waals surface area contributed by atoms with E-state index < -0.39 is 22.7 Å². The van der Waals surface area contributed by atoms with Crippen molar-refractivity contribution in [1.29, 1.82) is 0 Å². The number of phenols is 3. The zero-order chi connectivity index (χ0) is 14.9. The predicted molar refractivity (Wildman–Crippen MR) is 82.6 cm³/mol. The van der Waals surface area contributed by atoms with Crippen LogP contribution in [0.1, 0.15) is 13.2 Å². The normalized spacial score (nSPS) is 11.0. The fraction of sp³-hybridized carbons (Fsp3) is 0.0625. The zero-order valence-electron chi connectivity index (χ0n) is 10.5. The molecule has 0 aliphatic heterocycles. The highest BCUT2D eigenvalue weighted by Crippen LogP contribution is 2.40. The van der Waals surface area contributed by atoms with Gasteiger partial charge in [0.1, 0.15) is 16.7 Å². The molecule has 0 amide bonds. The van der Waals surface area contributed by atoms with Gasteiger partial charge in [-0.2, -0.15) is 0 Å². The third-order valence-electron chi connectivity index (χ3n) is 2.75. The fourth-order valence-corrected chi connectivity index (χ4v) is 1.80. The van der Waals surface area contributed by atoms with Crippen LogP contribution in [0.4, 0.5) is 0 Å². The Morgan fingerprint density at radius 3 is 2.38 bits per heavy atom. The molecule has 1 aromatic carbocycles. The second-order valence-corrected chi connectivity index (χ2v) is 4.00. The smallest absolute Gasteiger partial charge is 0.201 e. The van der Waals surface area contributed by atoms with Crippen LogP contribution in [0.2, 0.25) is 0 Å². The summed E-state index contributed by atoms with van der Waals surface area (Å²) in [6.45, 7) is 7.14. The van der Waals surface area contributed by atoms with Crippen LogP contribution in [0, 0.1) is 0 Å². The Labute approximate surface area is 121 Å². The van der Waals surface area contributed by atoms with Crippen molar-refractivity contribution in [2.24, 2.45) is 0 Å². The first-order valence-electron chi connectivity index (χ1n) is 5.67. The summed E-state index contributed by atoms with van der Waals surface area (Å²) < 4.78 is 5.45. The molecule has 3 N–H and O–H groups in total. The molecule has 0 spiro atoms. The Balaban J connectivity index is 0.00000220. The number of fused-ring (bicyclic) bond motifs is 1. The third kappa shape index (κ3) is 2.67. The van der Waals surface area contributed by atoms with Crippen LogP contribution in [-0.2, 0) is 0 Å². The SMILES string of the molecule is C.C=C/C=C(\C=C)c1cc(=O)c2c(O)c(O)c(O)cc2o1. The van der Waals surface area contributed by atoms with Crippen molar-refractivity contribution in [3.63, 3.8) is 0 Å². The van der Waals surface area contributed by atoms with Gasteiger partial charge in [-0.05, 0) is 0 Å². The van der Waals surface area contributed by atoms with Crippen LogP contribution < -0.4 is 5.43 Å². The summed E-state index contributed by atoms with van der Waals surface area (Å²) in [6.07, 6.45) is 4.58. The number of benzene rings is 1. The van der Waals surface area contributed by atoms with E-state index in [9.17, 15) is 20.1 Å². The van der Waals surface area contributed by atoms with Gasteiger partial charge in [-0.1, -0.05) is 38.8 Å². The van der Waals surface area contributed by atoms with Crippen molar-refractivity contribution in [3.8, 4) is 17.2 Å². The van der Waals surface area contributed by atoms with Gasteiger partial charge in [-0.15, -0.1) is 0 Å². The summed E-state index contributed by atoms with van der Waals surface area (Å²) in [7, 11) is 0. The first-order valence-corrected chi connectivity index (χ1v) is 5.67. The highest BCUT2D eigenvalue weighted by molar-refractivity contribution is 5.89. The maximum absolute atomic E-state index is 12.0. The van der Waals surface area contributed by atoms with E-state index in [1.54, 1.807) is 6.08 Å². The average molecular weight is 288 g/mol. The molecule has 21 heavy (non-hydrogen) atoms. The molecule has 0 saturated carbocycles. The molecule has 1 heterocycles. The van der Waals surface area contributed by atoms with Crippen molar-refractivity contribution in [2.45, 2.75) is 7.43 Å². The average Bonchev–Trinajstić information content (AvgIpc) is 2.41. The van der Waals surface area contributed by atoms with Crippen LogP contribution in [0.25, 0.3) is 16.5 Å². The van der Waals surface area contributed by atoms with Crippen molar-refractivity contribution >= 4 is 16.5 Å². The minimum atomic E-state index is -0.761. The first-order chi connectivity index (χ1) is 9.49. The van der Waals surface area contributed by atoms with Gasteiger partial charge < -0.3 is 19.7 Å². The first kappa shape index (κ1) is 16.1. The lowest BCUT2D eigenvalue weighted by Gasteiger charge is -2.07. The summed E-state index contributed by atoms with van der Waals surface area (Å²) in [5.41, 5.74) is -0.0750. The summed E-state index contributed by atoms with van der Waals surface area (Å²) in [5.74, 6) is -1.85. The molecule has 0 unspecified atom stereocenters. The molecule has 2 aromatic rings. The molecule has 110 valence electrons. The molecule has 0 fully saturated rings. The highest BCUT2D eigenvalue weighted by Gasteiger charge is 2.17. The largest absolute Gasteiger partial charge is 0.504 e. The second-order valence-electron chi connectivity index (χ2n) is 4.00. The Bertz CT molecular complexity index is 796. The van der Waals surface area contributed by atoms with Gasteiger partial charge in [-0.3, -0.25) is 4.79 Å². The van der Waals surface area contributed by atoms with Gasteiger partial charge in [0.25, 0.3) is 0 Å². The highest BCUT2D eigenvalue weighted by atomic mass is 16.3. The molecule has 0 saturated heterocycles. The van der Waals surface area contributed by atoms with Gasteiger partial charge in [-0.25, -0.2) is 0 Å². The van der Waals surface area contributed by atoms with E-state index in [1.807, 2.05) is 0 Å². The van der Waals surface area contributed by atoms with Crippen LogP contribution in [0.5, 0.6) is 17.2 Å². The molecule has 0 atom stereocenters. The van der Waals surface area contributed by atoms with E-state index in [2.05, 4.69) is 13.2 Å². The minimum absolute atomic E-state index is 0. The Morgan fingerprint density at radius 1 is 1.14 bits per heavy atom. The molecule has 0 bridgehead atoms. The molecule has 0 aliphatic rings. The molecule has 0 radical (unpaired) electrons. The van der Waals surface area contributed by atoms with Crippen LogP contribution in [0.3, 0.4) is 0 Å². The van der Waals surface area contributed by atoms with Crippen molar-refractivity contribution < 1.29 is 19.7 Å². The Morgan fingerprint density at radius 2 is 1.81 bits per heavy atom. The Hall–Kier alpha value is -2.95. The van der Waals surface area contributed by atoms with Crippen LogP contribution in [0.15, 0.2) is 52.7 Å². The van der Waals surface area contributed by atoms with E-state index in [1.165, 1.54) is 12.2 Å². The quantitative estimate of drug-likeness (QED) is 0.595. The predicted octanol–water partition coefficient (Wildman–Crippen LogP) is 3.30. The maximum Gasteiger partial charge on any atom is 0.201 e. The lowest BCUT2D eigenvalue weighted by Crippen LogP contribution is -2.02. The number of hydrogen-bond donors (Lipinski definition) is 3. The minimum Gasteiger partial charge on any atom is -0.504 e. The summed E-state index contributed by atoms with van der Waals surface area (Å²) in [5, 5.41) is 28.4. The molecule has 5 heteroatoms. The van der Waals surface area contributed by atoms with Crippen molar-refractivity contribution in [3.05, 3.63) is 59.5 Å². The van der Waals surface area contributed by atoms with Crippen LogP contribution >= 0.6 is 0 Å². The molecule has 5 nitrogen and oxygen atoms in total. The van der Waals surface area contributed by atoms with E-state index in [0.29, 0.717) is 5.57 Å². The third-order valence-corrected chi connectivity index (χ3v) is 2.75. The topological polar surface area (TPSA) is 90.9 Å². The summed E-state index contributed by atoms with van der Waals surface area (Å²) >= 11 is 0. The van der Waals surface area contributed by atoms with Crippen molar-refractivity contribution in [1.82, 2.24) is 0 Å². The van der Waals surface area contributed by atoms with Gasteiger partial charge in [0.05, 0.1) is 0 Å². The van der Waals surface area contributed by atoms with Gasteiger partial charge in [0, 0.05) is 17.7 Å². The molecular formula is C16H16O5. The summed E-state index contributed by atoms with van der Waals surface area (Å²) in [6, 6.07) is 2.22. The number of rotatable bonds is 3. The van der Waals surface area contributed by atoms with E-state index in [-0.39, 0.29) is 24.2 Å². The summed E-state index contributed by atoms with van der Waals surface area (Å²) in [4.78, 5) is 12.0. The maximum atomic E-state index is 12.0. The fourth-order valence-electron chi connectivity index (χ4n) is 1.80. The van der Waals surface area contributed by atoms with Crippen LogP contribution in [-0.4, -0.2) is 15.3 Å². The van der Waals surface area contributed by atoms with E-state index >= 15 is 0 Å². The zero-order valence-corrected chi connectivity index (χ0v) is 10.5. The molecule has 2 rings (SSSR count). The molecule has 1 aromatic heterocycles. The number of phenolic OH excluding ortho intramolecular Hbond substituents is 3. The molecule has 0 aliphatic carbocycles. The van der Waals surface area contributed by atoms with Crippen molar-refractivity contribution in [2.75, 3.05) is 0 Å². The van der Waals surface area contributed by atoms with E-state index in [4.69, 9.17) is 4.42 Å². The number of aromatic hydroxyl groups is 3. The Kier molecular flexibility index (Phi) is 4.60. The second kappa shape index (κ2) is 6.00. The standard InChI is InChI=1S/C15H12O5.CH4/c1-3-5-8(4-2)11-6-9(16)13-12(20-11)7-10(17)14(18)15(13)19;/h3-7,17-19H,1-2H2;1H4/b8-5+;. The lowest BCUT2D eigenvalue weighted by atomic mass is 10.1. The monoisotopic (exact) mass is 288 g/mol. The van der Waals surface area contributed by atoms with E-state index in [0.717, 1.165) is 12.1 Å². The number of allylic oxidation sites excluding steroid dienone is 4. The van der Waals surface area contributed by atoms with Gasteiger partial charge in [0.2, 0.25) is 5.75 Å². The van der Waals surface area contributed by atoms with Gasteiger partial charge in [0.15, 0.2) is 16.9 Å². The number of hydrogen-bond acceptors (Lipinski definition) is 5. The van der Waals surface area contributed by atoms with Gasteiger partial charge >= 0.3 is 0 Å².